The van der Waals surface area contributed by atoms with Gasteiger partial charge in [-0.25, -0.2) is 8.78 Å². The van der Waals surface area contributed by atoms with Crippen LogP contribution in [0.3, 0.4) is 0 Å². The van der Waals surface area contributed by atoms with Crippen molar-refractivity contribution in [3.05, 3.63) is 77.1 Å². The van der Waals surface area contributed by atoms with E-state index in [2.05, 4.69) is 6.58 Å². The smallest absolute Gasteiger partial charge is 0.314 e. The summed E-state index contributed by atoms with van der Waals surface area (Å²) < 4.78 is 54.8. The molecule has 3 fully saturated rings. The van der Waals surface area contributed by atoms with Crippen LogP contribution in [0.25, 0.3) is 0 Å². The largest absolute Gasteiger partial charge is 0.423 e. The molecule has 6 heteroatoms. The van der Waals surface area contributed by atoms with E-state index in [0.717, 1.165) is 31.2 Å². The molecule has 3 nitrogen and oxygen atoms in total. The minimum Gasteiger partial charge on any atom is -0.423 e. The molecule has 0 aromatic heterocycles. The van der Waals surface area contributed by atoms with E-state index in [1.165, 1.54) is 6.07 Å². The predicted molar refractivity (Wildman–Crippen MR) is 127 cm³/mol. The Labute approximate surface area is 204 Å². The summed E-state index contributed by atoms with van der Waals surface area (Å²) in [5, 5.41) is 0. The summed E-state index contributed by atoms with van der Waals surface area (Å²) in [6.45, 7) is 4.46. The molecule has 1 unspecified atom stereocenters. The third-order valence-electron chi connectivity index (χ3n) is 8.06. The highest BCUT2D eigenvalue weighted by atomic mass is 19.2. The van der Waals surface area contributed by atoms with Gasteiger partial charge in [0.15, 0.2) is 11.6 Å². The fourth-order valence-electron chi connectivity index (χ4n) is 5.75. The fraction of sp³-hybridized carbons (Fsp3) is 0.483. The fourth-order valence-corrected chi connectivity index (χ4v) is 5.75. The summed E-state index contributed by atoms with van der Waals surface area (Å²) in [4.78, 5) is 12.7. The van der Waals surface area contributed by atoms with Crippen molar-refractivity contribution in [2.75, 3.05) is 6.61 Å². The lowest BCUT2D eigenvalue weighted by Crippen LogP contribution is -2.26. The molecule has 3 aliphatic rings. The molecule has 186 valence electrons. The molecule has 0 radical (unpaired) electrons. The van der Waals surface area contributed by atoms with Crippen molar-refractivity contribution in [2.45, 2.75) is 69.3 Å². The normalized spacial score (nSPS) is 28.4. The number of epoxide rings is 1. The summed E-state index contributed by atoms with van der Waals surface area (Å²) in [5.41, 5.74) is 1.87. The first-order valence-electron chi connectivity index (χ1n) is 12.7. The second kappa shape index (κ2) is 10.2. The Hall–Kier alpha value is -2.60. The minimum atomic E-state index is -1.10. The number of halogens is 3. The molecule has 2 aromatic rings. The molecule has 5 rings (SSSR count). The first-order chi connectivity index (χ1) is 16.9. The summed E-state index contributed by atoms with van der Waals surface area (Å²) >= 11 is 0. The van der Waals surface area contributed by atoms with E-state index in [0.29, 0.717) is 49.3 Å². The third kappa shape index (κ3) is 5.18. The highest BCUT2D eigenvalue weighted by Crippen LogP contribution is 2.41. The zero-order valence-corrected chi connectivity index (χ0v) is 19.8. The summed E-state index contributed by atoms with van der Waals surface area (Å²) in [6.07, 6.45) is 7.65. The number of hydrogen-bond acceptors (Lipinski definition) is 3. The lowest BCUT2D eigenvalue weighted by molar-refractivity contribution is -0.140. The van der Waals surface area contributed by atoms with Crippen LogP contribution in [-0.4, -0.2) is 12.6 Å². The van der Waals surface area contributed by atoms with Crippen molar-refractivity contribution in [1.29, 1.82) is 0 Å². The molecular formula is C29H31F3O3. The molecule has 2 aromatic carbocycles. The lowest BCUT2D eigenvalue weighted by atomic mass is 9.78. The monoisotopic (exact) mass is 484 g/mol. The predicted octanol–water partition coefficient (Wildman–Crippen LogP) is 7.51. The van der Waals surface area contributed by atoms with E-state index in [4.69, 9.17) is 9.47 Å². The van der Waals surface area contributed by atoms with Gasteiger partial charge < -0.3 is 9.47 Å². The molecule has 1 atom stereocenters. The van der Waals surface area contributed by atoms with Gasteiger partial charge in [0.2, 0.25) is 5.82 Å². The number of allylic oxidation sites excluding steroid dienone is 1. The number of carbonyl (C=O) groups excluding carboxylic acids is 1. The summed E-state index contributed by atoms with van der Waals surface area (Å²) in [5.74, 6) is -3.16. The van der Waals surface area contributed by atoms with E-state index in [9.17, 15) is 18.0 Å². The first-order valence-corrected chi connectivity index (χ1v) is 12.7. The van der Waals surface area contributed by atoms with Gasteiger partial charge in [-0.05, 0) is 97.9 Å². The zero-order chi connectivity index (χ0) is 24.5. The number of esters is 1. The van der Waals surface area contributed by atoms with Crippen LogP contribution >= 0.6 is 0 Å². The Bertz CT molecular complexity index is 1090. The molecule has 0 bridgehead atoms. The summed E-state index contributed by atoms with van der Waals surface area (Å²) in [7, 11) is 0. The van der Waals surface area contributed by atoms with Gasteiger partial charge >= 0.3 is 5.97 Å². The van der Waals surface area contributed by atoms with E-state index < -0.39 is 23.5 Å². The van der Waals surface area contributed by atoms with Gasteiger partial charge in [0.1, 0.15) is 11.9 Å². The van der Waals surface area contributed by atoms with Gasteiger partial charge in [-0.1, -0.05) is 24.3 Å². The van der Waals surface area contributed by atoms with Gasteiger partial charge in [-0.2, -0.15) is 4.39 Å². The molecule has 0 spiro atoms. The van der Waals surface area contributed by atoms with Crippen molar-refractivity contribution in [2.24, 2.45) is 11.8 Å². The molecule has 1 aliphatic heterocycles. The average molecular weight is 485 g/mol. The van der Waals surface area contributed by atoms with Crippen molar-refractivity contribution in [3.8, 4) is 5.75 Å². The van der Waals surface area contributed by atoms with Crippen LogP contribution in [0.15, 0.2) is 43.0 Å². The van der Waals surface area contributed by atoms with Crippen molar-refractivity contribution in [3.63, 3.8) is 0 Å². The molecule has 0 N–H and O–H groups in total. The number of hydrogen-bond donors (Lipinski definition) is 0. The van der Waals surface area contributed by atoms with Gasteiger partial charge in [0.25, 0.3) is 0 Å². The topological polar surface area (TPSA) is 38.8 Å². The van der Waals surface area contributed by atoms with Gasteiger partial charge in [0.05, 0.1) is 12.5 Å². The minimum absolute atomic E-state index is 0.00985. The van der Waals surface area contributed by atoms with Crippen LogP contribution in [0.5, 0.6) is 5.75 Å². The molecule has 1 saturated heterocycles. The number of carbonyl (C=O) groups is 1. The maximum atomic E-state index is 14.8. The Morgan fingerprint density at radius 2 is 1.51 bits per heavy atom. The van der Waals surface area contributed by atoms with Crippen LogP contribution in [0.1, 0.15) is 86.0 Å². The van der Waals surface area contributed by atoms with E-state index >= 15 is 0 Å². The zero-order valence-electron chi connectivity index (χ0n) is 19.8. The SMILES string of the molecule is C=CC1CCC(c2ccc(OC(=O)C3CCC(c4ccc(C5CO5)cc4F)CC3)c(F)c2F)CC1. The maximum Gasteiger partial charge on any atom is 0.314 e. The Morgan fingerprint density at radius 1 is 0.886 bits per heavy atom. The second-order valence-electron chi connectivity index (χ2n) is 10.2. The highest BCUT2D eigenvalue weighted by molar-refractivity contribution is 5.75. The van der Waals surface area contributed by atoms with E-state index in [-0.39, 0.29) is 29.5 Å². The Balaban J connectivity index is 1.18. The maximum absolute atomic E-state index is 14.8. The van der Waals surface area contributed by atoms with Crippen molar-refractivity contribution in [1.82, 2.24) is 0 Å². The van der Waals surface area contributed by atoms with Crippen LogP contribution in [0.4, 0.5) is 13.2 Å². The first kappa shape index (κ1) is 24.1. The third-order valence-corrected chi connectivity index (χ3v) is 8.06. The van der Waals surface area contributed by atoms with Crippen molar-refractivity contribution >= 4 is 5.97 Å². The number of benzene rings is 2. The Morgan fingerprint density at radius 3 is 2.14 bits per heavy atom. The second-order valence-corrected chi connectivity index (χ2v) is 10.2. The number of ether oxygens (including phenoxy) is 2. The van der Waals surface area contributed by atoms with Crippen LogP contribution in [0, 0.1) is 29.3 Å². The standard InChI is InChI=1S/C29H31F3O3/c1-2-17-3-5-19(6-4-17)23-13-14-25(28(32)27(23)31)35-29(33)20-9-7-18(8-10-20)22-12-11-21(15-24(22)30)26-16-34-26/h2,11-15,17-20,26H,1,3-10,16H2. The molecule has 35 heavy (non-hydrogen) atoms. The van der Waals surface area contributed by atoms with E-state index in [1.54, 1.807) is 12.1 Å². The van der Waals surface area contributed by atoms with Gasteiger partial charge in [-0.15, -0.1) is 6.58 Å². The van der Waals surface area contributed by atoms with Crippen molar-refractivity contribution < 1.29 is 27.4 Å². The van der Waals surface area contributed by atoms with E-state index in [1.807, 2.05) is 18.2 Å². The van der Waals surface area contributed by atoms with Gasteiger partial charge in [0, 0.05) is 0 Å². The quantitative estimate of drug-likeness (QED) is 0.184. The molecule has 0 amide bonds. The van der Waals surface area contributed by atoms with Crippen LogP contribution < -0.4 is 4.74 Å². The van der Waals surface area contributed by atoms with Gasteiger partial charge in [-0.3, -0.25) is 4.79 Å². The Kier molecular flexibility index (Phi) is 7.01. The molecule has 2 saturated carbocycles. The molecule has 2 aliphatic carbocycles. The average Bonchev–Trinajstić information content (AvgIpc) is 3.73. The highest BCUT2D eigenvalue weighted by Gasteiger charge is 2.32. The molecular weight excluding hydrogens is 453 g/mol. The number of rotatable bonds is 6. The van der Waals surface area contributed by atoms with Crippen LogP contribution in [-0.2, 0) is 9.53 Å². The lowest BCUT2D eigenvalue weighted by Gasteiger charge is -2.28. The van der Waals surface area contributed by atoms with Crippen LogP contribution in [0.2, 0.25) is 0 Å². The molecule has 1 heterocycles. The summed E-state index contributed by atoms with van der Waals surface area (Å²) in [6, 6.07) is 8.19.